The standard InChI is InChI=1S/C26H25N3O4/c30-23-12-6-19(7-13-23)18-24(28-25(31)20-4-2-1-3-5-20)26(32)27-21-8-10-22(11-9-21)29-14-16-33-17-15-29/h1-13,18,30H,14-17H2,(H,27,32)(H,28,31)/b24-18+. The Morgan fingerprint density at radius 3 is 2.21 bits per heavy atom. The molecular formula is C26H25N3O4. The molecule has 7 heteroatoms. The highest BCUT2D eigenvalue weighted by atomic mass is 16.5. The van der Waals surface area contributed by atoms with Crippen LogP contribution in [-0.4, -0.2) is 43.2 Å². The maximum atomic E-state index is 13.1. The van der Waals surface area contributed by atoms with Crippen LogP contribution in [0, 0.1) is 0 Å². The fraction of sp³-hybridized carbons (Fsp3) is 0.154. The summed E-state index contributed by atoms with van der Waals surface area (Å²) < 4.78 is 5.39. The second-order valence-corrected chi connectivity index (χ2v) is 7.57. The quantitative estimate of drug-likeness (QED) is 0.506. The molecule has 1 aliphatic rings. The molecule has 1 saturated heterocycles. The first-order chi connectivity index (χ1) is 16.1. The van der Waals surface area contributed by atoms with Crippen LogP contribution in [-0.2, 0) is 9.53 Å². The number of amides is 2. The van der Waals surface area contributed by atoms with Crippen LogP contribution < -0.4 is 15.5 Å². The van der Waals surface area contributed by atoms with E-state index < -0.39 is 11.8 Å². The van der Waals surface area contributed by atoms with Gasteiger partial charge in [0, 0.05) is 30.0 Å². The van der Waals surface area contributed by atoms with E-state index in [1.807, 2.05) is 30.3 Å². The molecule has 0 radical (unpaired) electrons. The van der Waals surface area contributed by atoms with Gasteiger partial charge in [-0.05, 0) is 60.2 Å². The smallest absolute Gasteiger partial charge is 0.272 e. The van der Waals surface area contributed by atoms with Crippen LogP contribution in [0.4, 0.5) is 11.4 Å². The molecule has 1 heterocycles. The topological polar surface area (TPSA) is 90.9 Å². The van der Waals surface area contributed by atoms with Gasteiger partial charge in [-0.15, -0.1) is 0 Å². The normalized spacial score (nSPS) is 13.9. The van der Waals surface area contributed by atoms with Gasteiger partial charge in [-0.3, -0.25) is 9.59 Å². The highest BCUT2D eigenvalue weighted by Gasteiger charge is 2.16. The van der Waals surface area contributed by atoms with Crippen molar-refractivity contribution in [1.82, 2.24) is 5.32 Å². The van der Waals surface area contributed by atoms with E-state index in [9.17, 15) is 14.7 Å². The zero-order valence-corrected chi connectivity index (χ0v) is 18.0. The molecule has 0 aromatic heterocycles. The monoisotopic (exact) mass is 443 g/mol. The van der Waals surface area contributed by atoms with Gasteiger partial charge in [0.1, 0.15) is 11.4 Å². The van der Waals surface area contributed by atoms with Crippen molar-refractivity contribution in [3.05, 3.63) is 95.7 Å². The number of nitrogens with zero attached hydrogens (tertiary/aromatic N) is 1. The number of hydrogen-bond acceptors (Lipinski definition) is 5. The lowest BCUT2D eigenvalue weighted by Crippen LogP contribution is -2.36. The molecule has 0 atom stereocenters. The molecule has 0 saturated carbocycles. The average Bonchev–Trinajstić information content (AvgIpc) is 2.86. The van der Waals surface area contributed by atoms with Crippen molar-refractivity contribution >= 4 is 29.3 Å². The number of morpholine rings is 1. The van der Waals surface area contributed by atoms with Crippen molar-refractivity contribution in [3.8, 4) is 5.75 Å². The zero-order valence-electron chi connectivity index (χ0n) is 18.0. The Hall–Kier alpha value is -4.10. The molecule has 3 aromatic rings. The molecule has 4 rings (SSSR count). The summed E-state index contributed by atoms with van der Waals surface area (Å²) in [5, 5.41) is 15.1. The number of aromatic hydroxyl groups is 1. The molecule has 0 unspecified atom stereocenters. The minimum atomic E-state index is -0.452. The lowest BCUT2D eigenvalue weighted by Gasteiger charge is -2.28. The van der Waals surface area contributed by atoms with Crippen molar-refractivity contribution in [2.45, 2.75) is 0 Å². The van der Waals surface area contributed by atoms with Crippen LogP contribution in [0.2, 0.25) is 0 Å². The first kappa shape index (κ1) is 22.1. The van der Waals surface area contributed by atoms with E-state index in [1.54, 1.807) is 42.5 Å². The molecule has 0 aliphatic carbocycles. The van der Waals surface area contributed by atoms with E-state index in [0.29, 0.717) is 30.0 Å². The molecule has 0 spiro atoms. The first-order valence-electron chi connectivity index (χ1n) is 10.7. The number of ether oxygens (including phenoxy) is 1. The van der Waals surface area contributed by atoms with Crippen molar-refractivity contribution < 1.29 is 19.4 Å². The van der Waals surface area contributed by atoms with Crippen molar-refractivity contribution in [2.75, 3.05) is 36.5 Å². The number of hydrogen-bond donors (Lipinski definition) is 3. The fourth-order valence-electron chi connectivity index (χ4n) is 3.46. The molecule has 3 N–H and O–H groups in total. The Morgan fingerprint density at radius 2 is 1.55 bits per heavy atom. The molecule has 168 valence electrons. The predicted octanol–water partition coefficient (Wildman–Crippen LogP) is 3.64. The summed E-state index contributed by atoms with van der Waals surface area (Å²) in [4.78, 5) is 28.0. The minimum absolute atomic E-state index is 0.0896. The Labute approximate surface area is 192 Å². The molecule has 7 nitrogen and oxygen atoms in total. The summed E-state index contributed by atoms with van der Waals surface area (Å²) in [6, 6.07) is 22.6. The second-order valence-electron chi connectivity index (χ2n) is 7.57. The number of rotatable bonds is 6. The Morgan fingerprint density at radius 1 is 0.879 bits per heavy atom. The largest absolute Gasteiger partial charge is 0.508 e. The molecule has 0 bridgehead atoms. The molecule has 1 fully saturated rings. The molecule has 33 heavy (non-hydrogen) atoms. The van der Waals surface area contributed by atoms with Crippen LogP contribution in [0.3, 0.4) is 0 Å². The van der Waals surface area contributed by atoms with E-state index >= 15 is 0 Å². The van der Waals surface area contributed by atoms with E-state index in [0.717, 1.165) is 18.8 Å². The van der Waals surface area contributed by atoms with Crippen LogP contribution in [0.5, 0.6) is 5.75 Å². The van der Waals surface area contributed by atoms with E-state index in [-0.39, 0.29) is 11.4 Å². The Bertz CT molecular complexity index is 1120. The molecule has 2 amide bonds. The van der Waals surface area contributed by atoms with E-state index in [1.165, 1.54) is 12.1 Å². The van der Waals surface area contributed by atoms with Gasteiger partial charge < -0.3 is 25.4 Å². The number of phenols is 1. The van der Waals surface area contributed by atoms with Gasteiger partial charge in [0.15, 0.2) is 0 Å². The summed E-state index contributed by atoms with van der Waals surface area (Å²) in [6.07, 6.45) is 1.57. The SMILES string of the molecule is O=C(Nc1ccc(N2CCOCC2)cc1)/C(=C\c1ccc(O)cc1)NC(=O)c1ccccc1. The van der Waals surface area contributed by atoms with Gasteiger partial charge in [0.2, 0.25) is 0 Å². The van der Waals surface area contributed by atoms with Gasteiger partial charge in [-0.25, -0.2) is 0 Å². The van der Waals surface area contributed by atoms with Crippen molar-refractivity contribution in [1.29, 1.82) is 0 Å². The van der Waals surface area contributed by atoms with Crippen molar-refractivity contribution in [3.63, 3.8) is 0 Å². The second kappa shape index (κ2) is 10.5. The minimum Gasteiger partial charge on any atom is -0.508 e. The highest BCUT2D eigenvalue weighted by molar-refractivity contribution is 6.10. The van der Waals surface area contributed by atoms with Crippen LogP contribution in [0.25, 0.3) is 6.08 Å². The third-order valence-corrected chi connectivity index (χ3v) is 5.23. The summed E-state index contributed by atoms with van der Waals surface area (Å²) >= 11 is 0. The molecule has 3 aromatic carbocycles. The average molecular weight is 444 g/mol. The highest BCUT2D eigenvalue weighted by Crippen LogP contribution is 2.20. The summed E-state index contributed by atoms with van der Waals surface area (Å²) in [6.45, 7) is 3.06. The Kier molecular flexibility index (Phi) is 7.02. The fourth-order valence-corrected chi connectivity index (χ4v) is 3.46. The number of benzene rings is 3. The third-order valence-electron chi connectivity index (χ3n) is 5.23. The van der Waals surface area contributed by atoms with Gasteiger partial charge in [-0.2, -0.15) is 0 Å². The van der Waals surface area contributed by atoms with Gasteiger partial charge in [0.25, 0.3) is 11.8 Å². The van der Waals surface area contributed by atoms with Crippen LogP contribution in [0.15, 0.2) is 84.6 Å². The first-order valence-corrected chi connectivity index (χ1v) is 10.7. The number of carbonyl (C=O) groups excluding carboxylic acids is 2. The van der Waals surface area contributed by atoms with E-state index in [2.05, 4.69) is 15.5 Å². The third kappa shape index (κ3) is 5.99. The Balaban J connectivity index is 1.52. The molecular weight excluding hydrogens is 418 g/mol. The maximum Gasteiger partial charge on any atom is 0.272 e. The van der Waals surface area contributed by atoms with Gasteiger partial charge in [0.05, 0.1) is 13.2 Å². The van der Waals surface area contributed by atoms with Crippen LogP contribution >= 0.6 is 0 Å². The number of nitrogens with one attached hydrogen (secondary N) is 2. The van der Waals surface area contributed by atoms with Gasteiger partial charge in [-0.1, -0.05) is 30.3 Å². The van der Waals surface area contributed by atoms with Gasteiger partial charge >= 0.3 is 0 Å². The maximum absolute atomic E-state index is 13.1. The number of phenolic OH excluding ortho intramolecular Hbond substituents is 1. The van der Waals surface area contributed by atoms with Crippen LogP contribution in [0.1, 0.15) is 15.9 Å². The zero-order chi connectivity index (χ0) is 23.0. The number of anilines is 2. The summed E-state index contributed by atoms with van der Waals surface area (Å²) in [5.74, 6) is -0.725. The molecule has 1 aliphatic heterocycles. The number of carbonyl (C=O) groups is 2. The van der Waals surface area contributed by atoms with E-state index in [4.69, 9.17) is 4.74 Å². The van der Waals surface area contributed by atoms with Crippen molar-refractivity contribution in [2.24, 2.45) is 0 Å². The predicted molar refractivity (Wildman–Crippen MR) is 128 cm³/mol. The lowest BCUT2D eigenvalue weighted by atomic mass is 10.1. The summed E-state index contributed by atoms with van der Waals surface area (Å²) in [7, 11) is 0. The summed E-state index contributed by atoms with van der Waals surface area (Å²) in [5.41, 5.74) is 2.87. The lowest BCUT2D eigenvalue weighted by molar-refractivity contribution is -0.113.